The standard InChI is InChI=1S/C17H26N6O6.C17H22N6O5.2C14H22N6O6/c1-9(24)12-3-2-8-23(12)17(28)20-11(5-7-14(26)27)16-21-15(22-29-16)10(18)4-6-13(19)25;18-11(6-7-13(19)24)15-22-14(28-23-15)9-20-17(27)21-12(16(25)26)8-10-4-2-1-3-5-10;1-7(21)9(3-5-12(23)24)18-14(25)17-6-11-19-13(20-26-11)8(15)2-4-10(16)22;1-7(21)2-4-9(13(23)24)18-14(25)17-6-11-19-12(20-26-11)8(15)3-5-10(16)22/h10-12H,2-8,18H2,1H3,(H2,19,25)(H,20,28)(H,26,27);1-5,11-12H,6-9,18H2,(H2,19,24)(H,25,26)(H2,20,21,27);2*8-9H,2-6,15H2,1H3,(H2,16,22)(H,23,24)(H2,17,18,25)/t10-,11-,12?;11-,12-;2*8-,9-/m0000/s1. The Bertz CT molecular complexity index is 3750. The van der Waals surface area contributed by atoms with Crippen LogP contribution in [0.2, 0.25) is 0 Å². The van der Waals surface area contributed by atoms with Crippen molar-refractivity contribution in [1.82, 2.24) is 82.7 Å². The molecular formula is C62H92N24O23. The van der Waals surface area contributed by atoms with E-state index in [0.29, 0.717) is 19.4 Å². The number of rotatable bonds is 42. The first kappa shape index (κ1) is 90.7. The van der Waals surface area contributed by atoms with Crippen molar-refractivity contribution in [2.24, 2.45) is 45.9 Å². The lowest BCUT2D eigenvalue weighted by atomic mass is 10.1. The molecule has 1 unspecified atom stereocenters. The monoisotopic (exact) mass is 1540 g/mol. The van der Waals surface area contributed by atoms with Crippen molar-refractivity contribution in [2.75, 3.05) is 6.54 Å². The number of amides is 12. The fraction of sp³-hybridized carbons (Fsp3) is 0.532. The summed E-state index contributed by atoms with van der Waals surface area (Å²) in [6.45, 7) is 4.06. The Morgan fingerprint density at radius 1 is 0.468 bits per heavy atom. The number of aromatic nitrogens is 8. The Morgan fingerprint density at radius 3 is 1.22 bits per heavy atom. The average molecular weight is 1540 g/mol. The van der Waals surface area contributed by atoms with Crippen LogP contribution in [0.15, 0.2) is 48.4 Å². The van der Waals surface area contributed by atoms with Crippen molar-refractivity contribution < 1.29 is 110 Å². The minimum atomic E-state index is -1.25. The van der Waals surface area contributed by atoms with Crippen LogP contribution < -0.4 is 83.1 Å². The second-order valence-corrected chi connectivity index (χ2v) is 24.3. The van der Waals surface area contributed by atoms with Gasteiger partial charge in [-0.1, -0.05) is 51.0 Å². The van der Waals surface area contributed by atoms with E-state index in [0.717, 1.165) is 5.56 Å². The van der Waals surface area contributed by atoms with Crippen molar-refractivity contribution in [2.45, 2.75) is 204 Å². The Morgan fingerprint density at radius 2 is 0.844 bits per heavy atom. The number of nitrogens with two attached hydrogens (primary N) is 8. The summed E-state index contributed by atoms with van der Waals surface area (Å²) >= 11 is 0. The number of carboxylic acid groups (broad SMARTS) is 4. The lowest BCUT2D eigenvalue weighted by Crippen LogP contribution is -2.46. The maximum absolute atomic E-state index is 12.7. The largest absolute Gasteiger partial charge is 0.481 e. The maximum Gasteiger partial charge on any atom is 0.326 e. The fourth-order valence-electron chi connectivity index (χ4n) is 9.30. The summed E-state index contributed by atoms with van der Waals surface area (Å²) in [5, 5.41) is 67.6. The highest BCUT2D eigenvalue weighted by Crippen LogP contribution is 2.24. The third kappa shape index (κ3) is 36.4. The number of primary amides is 4. The quantitative estimate of drug-likeness (QED) is 0.0196. The van der Waals surface area contributed by atoms with Gasteiger partial charge in [-0.25, -0.2) is 28.8 Å². The van der Waals surface area contributed by atoms with Gasteiger partial charge >= 0.3 is 48.0 Å². The average Bonchev–Trinajstić information content (AvgIpc) is 1.70. The van der Waals surface area contributed by atoms with E-state index >= 15 is 0 Å². The van der Waals surface area contributed by atoms with E-state index in [-0.39, 0.29) is 180 Å². The van der Waals surface area contributed by atoms with E-state index in [1.165, 1.54) is 25.7 Å². The van der Waals surface area contributed by atoms with Gasteiger partial charge in [-0.2, -0.15) is 19.9 Å². The summed E-state index contributed by atoms with van der Waals surface area (Å²) in [4.78, 5) is 187. The number of Topliss-reactive ketones (excluding diaryl/α,β-unsaturated/α-hetero) is 3. The smallest absolute Gasteiger partial charge is 0.326 e. The maximum atomic E-state index is 12.7. The predicted octanol–water partition coefficient (Wildman–Crippen LogP) is -2.25. The zero-order chi connectivity index (χ0) is 81.4. The van der Waals surface area contributed by atoms with Crippen LogP contribution in [-0.4, -0.2) is 186 Å². The summed E-state index contributed by atoms with van der Waals surface area (Å²) in [5.41, 5.74) is 44.3. The van der Waals surface area contributed by atoms with Crippen LogP contribution in [0.3, 0.4) is 0 Å². The number of urea groups is 4. The molecule has 0 radical (unpaired) electrons. The molecule has 5 aromatic rings. The molecule has 0 aliphatic carbocycles. The number of carboxylic acids is 4. The van der Waals surface area contributed by atoms with Gasteiger partial charge in [-0.3, -0.25) is 38.4 Å². The van der Waals surface area contributed by atoms with Crippen LogP contribution in [0.5, 0.6) is 0 Å². The molecule has 4 aromatic heterocycles. The van der Waals surface area contributed by atoms with Gasteiger partial charge in [0.1, 0.15) is 23.9 Å². The number of aliphatic carboxylic acids is 4. The van der Waals surface area contributed by atoms with Gasteiger partial charge < -0.3 is 131 Å². The van der Waals surface area contributed by atoms with Gasteiger partial charge in [0.25, 0.3) is 0 Å². The topological polar surface area (TPSA) is 788 Å². The molecule has 1 saturated heterocycles. The molecule has 12 amide bonds. The van der Waals surface area contributed by atoms with Crippen molar-refractivity contribution in [1.29, 1.82) is 0 Å². The van der Waals surface area contributed by atoms with Crippen LogP contribution in [-0.2, 0) is 78.8 Å². The molecule has 598 valence electrons. The molecule has 1 aliphatic heterocycles. The molecule has 0 spiro atoms. The Kier molecular flexibility index (Phi) is 39.2. The first-order valence-electron chi connectivity index (χ1n) is 33.5. The lowest BCUT2D eigenvalue weighted by Gasteiger charge is -2.25. The number of likely N-dealkylation sites (tertiary alicyclic amines) is 1. The first-order valence-corrected chi connectivity index (χ1v) is 33.5. The van der Waals surface area contributed by atoms with E-state index in [2.05, 4.69) is 77.8 Å². The zero-order valence-electron chi connectivity index (χ0n) is 59.6. The molecule has 0 saturated carbocycles. The van der Waals surface area contributed by atoms with E-state index in [1.807, 2.05) is 6.07 Å². The van der Waals surface area contributed by atoms with Gasteiger partial charge in [0.05, 0.1) is 55.9 Å². The van der Waals surface area contributed by atoms with E-state index in [4.69, 9.17) is 79.3 Å². The predicted molar refractivity (Wildman–Crippen MR) is 368 cm³/mol. The van der Waals surface area contributed by atoms with Crippen molar-refractivity contribution in [3.63, 3.8) is 0 Å². The number of hydrogen-bond acceptors (Lipinski definition) is 31. The molecule has 47 heteroatoms. The first-order chi connectivity index (χ1) is 51.4. The number of carbonyl (C=O) groups is 15. The summed E-state index contributed by atoms with van der Waals surface area (Å²) < 4.78 is 20.0. The minimum Gasteiger partial charge on any atom is -0.481 e. The van der Waals surface area contributed by atoms with Gasteiger partial charge in [-0.05, 0) is 84.1 Å². The van der Waals surface area contributed by atoms with Gasteiger partial charge in [0.15, 0.2) is 34.9 Å². The lowest BCUT2D eigenvalue weighted by molar-refractivity contribution is -0.140. The fourth-order valence-corrected chi connectivity index (χ4v) is 9.30. The van der Waals surface area contributed by atoms with Crippen molar-refractivity contribution in [3.05, 3.63) is 82.8 Å². The molecule has 5 heterocycles. The van der Waals surface area contributed by atoms with Crippen LogP contribution in [0.25, 0.3) is 0 Å². The molecule has 9 atom stereocenters. The number of nitrogens with one attached hydrogen (secondary N) is 7. The third-order valence-corrected chi connectivity index (χ3v) is 15.2. The summed E-state index contributed by atoms with van der Waals surface area (Å²) in [6.07, 6.45) is 2.23. The Labute approximate surface area is 619 Å². The minimum absolute atomic E-state index is 0.00250. The molecular weight excluding hydrogens is 1450 g/mol. The van der Waals surface area contributed by atoms with Gasteiger partial charge in [-0.15, -0.1) is 0 Å². The number of hydrogen-bond donors (Lipinski definition) is 19. The zero-order valence-corrected chi connectivity index (χ0v) is 59.6. The van der Waals surface area contributed by atoms with Crippen LogP contribution in [0, 0.1) is 0 Å². The molecule has 1 aliphatic rings. The number of carbonyl (C=O) groups excluding carboxylic acids is 11. The highest BCUT2D eigenvalue weighted by atomic mass is 16.5. The third-order valence-electron chi connectivity index (χ3n) is 15.2. The molecule has 27 N–H and O–H groups in total. The summed E-state index contributed by atoms with van der Waals surface area (Å²) in [6, 6.07) is -0.872. The van der Waals surface area contributed by atoms with E-state index < -0.39 is 126 Å². The van der Waals surface area contributed by atoms with Crippen molar-refractivity contribution in [3.8, 4) is 0 Å². The highest BCUT2D eigenvalue weighted by Gasteiger charge is 2.35. The van der Waals surface area contributed by atoms with Gasteiger partial charge in [0.2, 0.25) is 47.2 Å². The van der Waals surface area contributed by atoms with E-state index in [9.17, 15) is 77.0 Å². The Hall–Kier alpha value is -12.5. The van der Waals surface area contributed by atoms with Crippen molar-refractivity contribution >= 4 is 89.0 Å². The highest BCUT2D eigenvalue weighted by molar-refractivity contribution is 5.89. The molecule has 109 heavy (non-hydrogen) atoms. The number of benzene rings is 1. The second kappa shape index (κ2) is 47.1. The summed E-state index contributed by atoms with van der Waals surface area (Å²) in [7, 11) is 0. The second-order valence-electron chi connectivity index (χ2n) is 24.3. The molecule has 1 fully saturated rings. The van der Waals surface area contributed by atoms with Gasteiger partial charge in [0, 0.05) is 57.9 Å². The normalized spacial score (nSPS) is 14.3. The molecule has 1 aromatic carbocycles. The van der Waals surface area contributed by atoms with Crippen LogP contribution in [0.4, 0.5) is 19.2 Å². The number of ketones is 3. The van der Waals surface area contributed by atoms with E-state index in [1.54, 1.807) is 24.3 Å². The molecule has 6 rings (SSSR count). The molecule has 0 bridgehead atoms. The Balaban J connectivity index is 0.000000377. The van der Waals surface area contributed by atoms with Crippen LogP contribution in [0.1, 0.15) is 206 Å². The molecule has 47 nitrogen and oxygen atoms in total. The SMILES string of the molecule is CC(=O)C1CCCN1C(=O)N[C@@H](CCC(=O)O)c1nc([C@@H](N)CCC(N)=O)no1.CC(=O)CC[C@H](NC(=O)NCc1nc([C@@H](N)CCC(N)=O)no1)C(=O)O.CC(=O)[C@H](CCC(=O)O)NC(=O)NCc1nc([C@@H](N)CCC(N)=O)no1.NC(=O)CC[C@H](N)c1noc(CNC(=O)N[C@@H](Cc2ccccc2)C(=O)O)n1. The van der Waals surface area contributed by atoms with Crippen LogP contribution >= 0.6 is 0 Å². The number of nitrogens with zero attached hydrogens (tertiary/aromatic N) is 9. The summed E-state index contributed by atoms with van der Waals surface area (Å²) in [5.74, 6) is -6.28.